The van der Waals surface area contributed by atoms with E-state index in [0.717, 1.165) is 18.5 Å². The van der Waals surface area contributed by atoms with E-state index in [0.29, 0.717) is 11.4 Å². The third-order valence-corrected chi connectivity index (χ3v) is 4.01. The summed E-state index contributed by atoms with van der Waals surface area (Å²) in [5, 5.41) is 10.6. The van der Waals surface area contributed by atoms with Gasteiger partial charge in [-0.3, -0.25) is 9.36 Å². The van der Waals surface area contributed by atoms with Crippen LogP contribution in [0.3, 0.4) is 0 Å². The number of amides is 1. The fourth-order valence-corrected chi connectivity index (χ4v) is 2.75. The monoisotopic (exact) mass is 339 g/mol. The second kappa shape index (κ2) is 7.65. The van der Waals surface area contributed by atoms with Crippen molar-refractivity contribution in [1.82, 2.24) is 19.3 Å². The summed E-state index contributed by atoms with van der Waals surface area (Å²) in [5.74, 6) is 0.533. The molecular weight excluding hydrogens is 318 g/mol. The smallest absolute Gasteiger partial charge is 0.247 e. The van der Waals surface area contributed by atoms with Crippen molar-refractivity contribution >= 4 is 11.6 Å². The number of hydrogen-bond donors (Lipinski definition) is 1. The van der Waals surface area contributed by atoms with Crippen LogP contribution in [0.1, 0.15) is 25.8 Å². The van der Waals surface area contributed by atoms with Gasteiger partial charge in [0.15, 0.2) is 0 Å². The van der Waals surface area contributed by atoms with E-state index in [1.807, 2.05) is 47.3 Å². The molecule has 0 spiro atoms. The lowest BCUT2D eigenvalue weighted by atomic mass is 10.1. The molecule has 0 aliphatic heterocycles. The van der Waals surface area contributed by atoms with E-state index in [2.05, 4.69) is 22.4 Å². The van der Waals surface area contributed by atoms with Crippen LogP contribution < -0.4 is 10.1 Å². The number of aromatic nitrogens is 4. The van der Waals surface area contributed by atoms with E-state index in [1.54, 1.807) is 24.3 Å². The highest BCUT2D eigenvalue weighted by molar-refractivity contribution is 5.95. The summed E-state index contributed by atoms with van der Waals surface area (Å²) in [6.07, 6.45) is 8.69. The van der Waals surface area contributed by atoms with Crippen LogP contribution >= 0.6 is 0 Å². The maximum Gasteiger partial charge on any atom is 0.247 e. The molecule has 1 unspecified atom stereocenters. The van der Waals surface area contributed by atoms with E-state index in [-0.39, 0.29) is 11.9 Å². The minimum absolute atomic E-state index is 0.0720. The van der Waals surface area contributed by atoms with Crippen molar-refractivity contribution in [1.29, 1.82) is 0 Å². The van der Waals surface area contributed by atoms with E-state index >= 15 is 0 Å². The average Bonchev–Trinajstić information content (AvgIpc) is 3.33. The lowest BCUT2D eigenvalue weighted by Gasteiger charge is -2.19. The minimum Gasteiger partial charge on any atom is -0.495 e. The SMILES string of the molecule is CCCC(C(=O)Nc1cc(-n2cnnc2)ccc1OC)n1cccc1. The molecule has 1 atom stereocenters. The second-order valence-corrected chi connectivity index (χ2v) is 5.68. The lowest BCUT2D eigenvalue weighted by Crippen LogP contribution is -2.25. The third-order valence-electron chi connectivity index (χ3n) is 4.01. The van der Waals surface area contributed by atoms with Gasteiger partial charge in [-0.1, -0.05) is 13.3 Å². The molecule has 130 valence electrons. The van der Waals surface area contributed by atoms with Crippen LogP contribution in [0.4, 0.5) is 5.69 Å². The molecule has 2 aromatic heterocycles. The Hall–Kier alpha value is -3.09. The highest BCUT2D eigenvalue weighted by atomic mass is 16.5. The van der Waals surface area contributed by atoms with Gasteiger partial charge < -0.3 is 14.6 Å². The van der Waals surface area contributed by atoms with Gasteiger partial charge in [-0.2, -0.15) is 0 Å². The van der Waals surface area contributed by atoms with E-state index in [9.17, 15) is 4.79 Å². The lowest BCUT2D eigenvalue weighted by molar-refractivity contribution is -0.119. The number of rotatable bonds is 7. The molecule has 0 aliphatic rings. The summed E-state index contributed by atoms with van der Waals surface area (Å²) in [6.45, 7) is 2.07. The number of nitrogens with zero attached hydrogens (tertiary/aromatic N) is 4. The summed E-state index contributed by atoms with van der Waals surface area (Å²) in [7, 11) is 1.58. The summed E-state index contributed by atoms with van der Waals surface area (Å²) in [6, 6.07) is 9.12. The van der Waals surface area contributed by atoms with Gasteiger partial charge in [-0.15, -0.1) is 10.2 Å². The fraction of sp³-hybridized carbons (Fsp3) is 0.278. The zero-order valence-electron chi connectivity index (χ0n) is 14.3. The summed E-state index contributed by atoms with van der Waals surface area (Å²) in [4.78, 5) is 12.8. The highest BCUT2D eigenvalue weighted by Crippen LogP contribution is 2.28. The Morgan fingerprint density at radius 1 is 1.24 bits per heavy atom. The first kappa shape index (κ1) is 16.8. The molecule has 1 amide bonds. The van der Waals surface area contributed by atoms with Crippen LogP contribution in [0.5, 0.6) is 5.75 Å². The van der Waals surface area contributed by atoms with E-state index in [4.69, 9.17) is 4.74 Å². The number of ether oxygens (including phenoxy) is 1. The first-order valence-corrected chi connectivity index (χ1v) is 8.19. The Bertz CT molecular complexity index is 812. The van der Waals surface area contributed by atoms with E-state index < -0.39 is 0 Å². The van der Waals surface area contributed by atoms with Gasteiger partial charge >= 0.3 is 0 Å². The van der Waals surface area contributed by atoms with Gasteiger partial charge in [-0.05, 0) is 36.8 Å². The van der Waals surface area contributed by atoms with Crippen LogP contribution in [-0.4, -0.2) is 32.3 Å². The molecule has 0 radical (unpaired) electrons. The molecule has 25 heavy (non-hydrogen) atoms. The van der Waals surface area contributed by atoms with Gasteiger partial charge in [0.2, 0.25) is 5.91 Å². The average molecular weight is 339 g/mol. The summed E-state index contributed by atoms with van der Waals surface area (Å²) in [5.41, 5.74) is 1.46. The zero-order valence-corrected chi connectivity index (χ0v) is 14.3. The molecule has 1 N–H and O–H groups in total. The quantitative estimate of drug-likeness (QED) is 0.718. The maximum absolute atomic E-state index is 12.8. The molecule has 0 aliphatic carbocycles. The van der Waals surface area contributed by atoms with Crippen LogP contribution in [0.2, 0.25) is 0 Å². The molecule has 3 aromatic rings. The zero-order chi connectivity index (χ0) is 17.6. The van der Waals surface area contributed by atoms with Crippen molar-refractivity contribution in [2.45, 2.75) is 25.8 Å². The van der Waals surface area contributed by atoms with Crippen molar-refractivity contribution < 1.29 is 9.53 Å². The van der Waals surface area contributed by atoms with Crippen LogP contribution in [-0.2, 0) is 4.79 Å². The second-order valence-electron chi connectivity index (χ2n) is 5.68. The number of benzene rings is 1. The third kappa shape index (κ3) is 3.71. The van der Waals surface area contributed by atoms with E-state index in [1.165, 1.54) is 0 Å². The molecule has 7 nitrogen and oxygen atoms in total. The molecule has 0 fully saturated rings. The van der Waals surface area contributed by atoms with Crippen molar-refractivity contribution in [2.24, 2.45) is 0 Å². The predicted molar refractivity (Wildman–Crippen MR) is 94.9 cm³/mol. The van der Waals surface area contributed by atoms with Crippen molar-refractivity contribution in [3.05, 3.63) is 55.4 Å². The Morgan fingerprint density at radius 3 is 2.60 bits per heavy atom. The molecule has 0 saturated carbocycles. The Labute approximate surface area is 146 Å². The standard InChI is InChI=1S/C18H21N5O2/c1-3-6-16(22-9-4-5-10-22)18(24)21-15-11-14(7-8-17(15)25-2)23-12-19-20-13-23/h4-5,7-13,16H,3,6H2,1-2H3,(H,21,24). The Kier molecular flexibility index (Phi) is 5.13. The normalized spacial score (nSPS) is 11.9. The number of anilines is 1. The predicted octanol–water partition coefficient (Wildman–Crippen LogP) is 3.06. The van der Waals surface area contributed by atoms with Crippen LogP contribution in [0.15, 0.2) is 55.4 Å². The van der Waals surface area contributed by atoms with Gasteiger partial charge in [0, 0.05) is 12.4 Å². The van der Waals surface area contributed by atoms with Gasteiger partial charge in [0.05, 0.1) is 18.5 Å². The molecule has 2 heterocycles. The van der Waals surface area contributed by atoms with Crippen molar-refractivity contribution in [3.8, 4) is 11.4 Å². The molecule has 1 aromatic carbocycles. The first-order valence-electron chi connectivity index (χ1n) is 8.19. The molecular formula is C18H21N5O2. The highest BCUT2D eigenvalue weighted by Gasteiger charge is 2.20. The summed E-state index contributed by atoms with van der Waals surface area (Å²) < 4.78 is 9.08. The summed E-state index contributed by atoms with van der Waals surface area (Å²) >= 11 is 0. The topological polar surface area (TPSA) is 74.0 Å². The van der Waals surface area contributed by atoms with Crippen molar-refractivity contribution in [2.75, 3.05) is 12.4 Å². The van der Waals surface area contributed by atoms with Crippen LogP contribution in [0.25, 0.3) is 5.69 Å². The molecule has 0 saturated heterocycles. The van der Waals surface area contributed by atoms with Crippen molar-refractivity contribution in [3.63, 3.8) is 0 Å². The largest absolute Gasteiger partial charge is 0.495 e. The molecule has 3 rings (SSSR count). The molecule has 0 bridgehead atoms. The number of carbonyl (C=O) groups is 1. The van der Waals surface area contributed by atoms with Gasteiger partial charge in [0.25, 0.3) is 0 Å². The number of hydrogen-bond acceptors (Lipinski definition) is 4. The number of methoxy groups -OCH3 is 1. The minimum atomic E-state index is -0.261. The first-order chi connectivity index (χ1) is 12.2. The Balaban J connectivity index is 1.87. The van der Waals surface area contributed by atoms with Gasteiger partial charge in [0.1, 0.15) is 24.4 Å². The fourth-order valence-electron chi connectivity index (χ4n) is 2.75. The molecule has 7 heteroatoms. The van der Waals surface area contributed by atoms with Gasteiger partial charge in [-0.25, -0.2) is 0 Å². The number of carbonyl (C=O) groups excluding carboxylic acids is 1. The maximum atomic E-state index is 12.8. The Morgan fingerprint density at radius 2 is 1.96 bits per heavy atom. The van der Waals surface area contributed by atoms with Crippen LogP contribution in [0, 0.1) is 0 Å². The number of nitrogens with one attached hydrogen (secondary N) is 1.